The molecule has 2 N–H and O–H groups in total. The fourth-order valence-electron chi connectivity index (χ4n) is 3.14. The van der Waals surface area contributed by atoms with Gasteiger partial charge in [-0.3, -0.25) is 9.59 Å². The molecule has 3 aromatic rings. The fraction of sp³-hybridized carbons (Fsp3) is 0.120. The third-order valence-electron chi connectivity index (χ3n) is 4.87. The minimum Gasteiger partial charge on any atom is -0.508 e. The predicted molar refractivity (Wildman–Crippen MR) is 113 cm³/mol. The molecular weight excluding hydrogens is 364 g/mol. The molecule has 4 heteroatoms. The van der Waals surface area contributed by atoms with E-state index in [1.165, 1.54) is 6.08 Å². The molecular formula is C25H22O4. The number of aryl methyl sites for hydroxylation is 2. The number of aromatic hydroxyl groups is 2. The summed E-state index contributed by atoms with van der Waals surface area (Å²) in [6.07, 6.45) is 3.66. The first-order valence-corrected chi connectivity index (χ1v) is 9.28. The maximum Gasteiger partial charge on any atom is 0.233 e. The Morgan fingerprint density at radius 3 is 2.17 bits per heavy atom. The number of carbonyl (C=O) groups is 2. The van der Waals surface area contributed by atoms with Gasteiger partial charge in [0, 0.05) is 12.0 Å². The van der Waals surface area contributed by atoms with Crippen molar-refractivity contribution in [3.05, 3.63) is 100 Å². The summed E-state index contributed by atoms with van der Waals surface area (Å²) in [5.74, 6) is -0.206. The molecule has 0 saturated heterocycles. The number of fused-ring (bicyclic) bond motifs is 1. The van der Waals surface area contributed by atoms with E-state index in [0.29, 0.717) is 23.5 Å². The Bertz CT molecular complexity index is 1110. The number of phenolic OH excluding ortho intramolecular Hbond substituents is 2. The molecule has 29 heavy (non-hydrogen) atoms. The van der Waals surface area contributed by atoms with Crippen LogP contribution in [-0.4, -0.2) is 21.8 Å². The molecule has 4 rings (SSSR count). The molecule has 1 aliphatic carbocycles. The number of allylic oxidation sites excluding steroid dienone is 1. The van der Waals surface area contributed by atoms with Gasteiger partial charge in [-0.05, 0) is 59.9 Å². The van der Waals surface area contributed by atoms with Crippen LogP contribution in [0.3, 0.4) is 0 Å². The van der Waals surface area contributed by atoms with Crippen molar-refractivity contribution in [1.29, 1.82) is 0 Å². The number of benzene rings is 3. The number of carbonyl (C=O) groups excluding carboxylic acids is 2. The number of para-hydroxylation sites is 1. The predicted octanol–water partition coefficient (Wildman–Crippen LogP) is 4.77. The van der Waals surface area contributed by atoms with Crippen molar-refractivity contribution in [3.8, 4) is 11.5 Å². The molecule has 0 amide bonds. The van der Waals surface area contributed by atoms with Crippen LogP contribution in [0, 0.1) is 13.8 Å². The van der Waals surface area contributed by atoms with Crippen molar-refractivity contribution in [3.63, 3.8) is 0 Å². The van der Waals surface area contributed by atoms with Gasteiger partial charge in [0.2, 0.25) is 11.6 Å². The second kappa shape index (κ2) is 8.57. The van der Waals surface area contributed by atoms with Crippen LogP contribution < -0.4 is 0 Å². The first-order valence-electron chi connectivity index (χ1n) is 9.28. The van der Waals surface area contributed by atoms with Crippen molar-refractivity contribution in [2.24, 2.45) is 0 Å². The van der Waals surface area contributed by atoms with Gasteiger partial charge in [-0.1, -0.05) is 54.6 Å². The van der Waals surface area contributed by atoms with Gasteiger partial charge in [-0.25, -0.2) is 0 Å². The van der Waals surface area contributed by atoms with Crippen molar-refractivity contribution >= 4 is 17.6 Å². The lowest BCUT2D eigenvalue weighted by atomic mass is 9.96. The summed E-state index contributed by atoms with van der Waals surface area (Å²) in [7, 11) is 0. The highest BCUT2D eigenvalue weighted by Gasteiger charge is 2.19. The van der Waals surface area contributed by atoms with Crippen molar-refractivity contribution < 1.29 is 19.8 Å². The topological polar surface area (TPSA) is 74.6 Å². The van der Waals surface area contributed by atoms with E-state index < -0.39 is 11.6 Å². The molecule has 0 fully saturated rings. The molecule has 0 saturated carbocycles. The first-order chi connectivity index (χ1) is 13.9. The molecule has 0 aromatic heterocycles. The molecule has 0 aliphatic heterocycles. The molecule has 146 valence electrons. The molecule has 0 heterocycles. The summed E-state index contributed by atoms with van der Waals surface area (Å²) in [6, 6.07) is 18.1. The standard InChI is InChI=1S/C15H16O2.C10H6O2/c1-10-8-15(17)11(2)7-13(10)9-12-5-3-4-6-14(12)16;11-9-6-5-7-3-1-2-4-8(7)10(9)12/h3-8,16-17H,9H2,1-2H3;1-6H. The highest BCUT2D eigenvalue weighted by Crippen LogP contribution is 2.26. The van der Waals surface area contributed by atoms with Gasteiger partial charge in [0.25, 0.3) is 0 Å². The van der Waals surface area contributed by atoms with Crippen molar-refractivity contribution in [2.75, 3.05) is 0 Å². The van der Waals surface area contributed by atoms with Crippen LogP contribution in [0.15, 0.2) is 66.7 Å². The fourth-order valence-corrected chi connectivity index (χ4v) is 3.14. The highest BCUT2D eigenvalue weighted by atomic mass is 16.3. The Hall–Kier alpha value is -3.66. The maximum atomic E-state index is 11.2. The van der Waals surface area contributed by atoms with Crippen LogP contribution in [0.5, 0.6) is 11.5 Å². The lowest BCUT2D eigenvalue weighted by molar-refractivity contribution is -0.110. The molecule has 0 radical (unpaired) electrons. The Labute approximate surface area is 169 Å². The van der Waals surface area contributed by atoms with Crippen molar-refractivity contribution in [1.82, 2.24) is 0 Å². The van der Waals surface area contributed by atoms with Crippen LogP contribution >= 0.6 is 0 Å². The minimum absolute atomic E-state index is 0.317. The SMILES string of the molecule is Cc1cc(Cc2ccccc2O)c(C)cc1O.O=C1C=Cc2ccccc2C1=O. The maximum absolute atomic E-state index is 11.2. The van der Waals surface area contributed by atoms with E-state index in [1.807, 2.05) is 50.2 Å². The summed E-state index contributed by atoms with van der Waals surface area (Å²) in [5.41, 5.74) is 5.26. The molecule has 0 bridgehead atoms. The monoisotopic (exact) mass is 386 g/mol. The van der Waals surface area contributed by atoms with Gasteiger partial charge in [-0.15, -0.1) is 0 Å². The summed E-state index contributed by atoms with van der Waals surface area (Å²) in [6.45, 7) is 3.84. The second-order valence-corrected chi connectivity index (χ2v) is 6.98. The normalized spacial score (nSPS) is 12.2. The van der Waals surface area contributed by atoms with Gasteiger partial charge >= 0.3 is 0 Å². The Morgan fingerprint density at radius 1 is 0.724 bits per heavy atom. The van der Waals surface area contributed by atoms with E-state index >= 15 is 0 Å². The van der Waals surface area contributed by atoms with E-state index in [9.17, 15) is 19.8 Å². The third kappa shape index (κ3) is 4.61. The van der Waals surface area contributed by atoms with Gasteiger partial charge < -0.3 is 10.2 Å². The number of phenols is 2. The van der Waals surface area contributed by atoms with Crippen LogP contribution in [0.1, 0.15) is 38.2 Å². The van der Waals surface area contributed by atoms with Crippen LogP contribution in [0.2, 0.25) is 0 Å². The molecule has 0 spiro atoms. The summed E-state index contributed by atoms with van der Waals surface area (Å²) in [4.78, 5) is 22.1. The molecule has 0 atom stereocenters. The van der Waals surface area contributed by atoms with Gasteiger partial charge in [-0.2, -0.15) is 0 Å². The van der Waals surface area contributed by atoms with E-state index in [-0.39, 0.29) is 0 Å². The van der Waals surface area contributed by atoms with Crippen LogP contribution in [-0.2, 0) is 11.2 Å². The Morgan fingerprint density at radius 2 is 1.41 bits per heavy atom. The molecule has 1 aliphatic rings. The third-order valence-corrected chi connectivity index (χ3v) is 4.87. The zero-order valence-corrected chi connectivity index (χ0v) is 16.3. The molecule has 4 nitrogen and oxygen atoms in total. The largest absolute Gasteiger partial charge is 0.508 e. The van der Waals surface area contributed by atoms with E-state index in [2.05, 4.69) is 0 Å². The van der Waals surface area contributed by atoms with Gasteiger partial charge in [0.1, 0.15) is 11.5 Å². The number of rotatable bonds is 2. The first kappa shape index (κ1) is 20.1. The second-order valence-electron chi connectivity index (χ2n) is 6.98. The number of hydrogen-bond acceptors (Lipinski definition) is 4. The lowest BCUT2D eigenvalue weighted by Crippen LogP contribution is -2.15. The van der Waals surface area contributed by atoms with Crippen molar-refractivity contribution in [2.45, 2.75) is 20.3 Å². The highest BCUT2D eigenvalue weighted by molar-refractivity contribution is 6.49. The Kier molecular flexibility index (Phi) is 5.93. The average molecular weight is 386 g/mol. The molecule has 0 unspecified atom stereocenters. The van der Waals surface area contributed by atoms with Crippen LogP contribution in [0.4, 0.5) is 0 Å². The van der Waals surface area contributed by atoms with E-state index in [1.54, 1.807) is 30.3 Å². The summed E-state index contributed by atoms with van der Waals surface area (Å²) < 4.78 is 0. The quantitative estimate of drug-likeness (QED) is 0.622. The zero-order valence-electron chi connectivity index (χ0n) is 16.3. The number of hydrogen-bond donors (Lipinski definition) is 2. The lowest BCUT2D eigenvalue weighted by Gasteiger charge is -2.10. The average Bonchev–Trinajstić information content (AvgIpc) is 2.71. The smallest absolute Gasteiger partial charge is 0.233 e. The summed E-state index contributed by atoms with van der Waals surface area (Å²) in [5, 5.41) is 19.3. The van der Waals surface area contributed by atoms with E-state index in [0.717, 1.165) is 27.8 Å². The number of Topliss-reactive ketones (excluding diaryl/α,β-unsaturated/α-hetero) is 1. The molecule has 3 aromatic carbocycles. The minimum atomic E-state index is -0.436. The van der Waals surface area contributed by atoms with Gasteiger partial charge in [0.15, 0.2) is 0 Å². The van der Waals surface area contributed by atoms with Gasteiger partial charge in [0.05, 0.1) is 0 Å². The zero-order chi connectivity index (χ0) is 21.0. The van der Waals surface area contributed by atoms with E-state index in [4.69, 9.17) is 0 Å². The van der Waals surface area contributed by atoms with Crippen LogP contribution in [0.25, 0.3) is 6.08 Å². The Balaban J connectivity index is 0.000000176. The summed E-state index contributed by atoms with van der Waals surface area (Å²) >= 11 is 0. The number of ketones is 2.